The molecule has 20 heavy (non-hydrogen) atoms. The lowest BCUT2D eigenvalue weighted by atomic mass is 9.98. The maximum absolute atomic E-state index is 12.1. The minimum absolute atomic E-state index is 0.0575. The van der Waals surface area contributed by atoms with Crippen molar-refractivity contribution in [3.63, 3.8) is 0 Å². The Hall–Kier alpha value is -1.38. The Morgan fingerprint density at radius 1 is 1.20 bits per heavy atom. The van der Waals surface area contributed by atoms with Crippen molar-refractivity contribution >= 4 is 9.84 Å². The van der Waals surface area contributed by atoms with Crippen molar-refractivity contribution in [1.29, 1.82) is 5.26 Å². The van der Waals surface area contributed by atoms with Crippen LogP contribution in [0.1, 0.15) is 30.4 Å². The molecule has 1 heterocycles. The van der Waals surface area contributed by atoms with E-state index in [0.29, 0.717) is 11.5 Å². The highest BCUT2D eigenvalue weighted by Gasteiger charge is 2.18. The van der Waals surface area contributed by atoms with Crippen LogP contribution in [0.25, 0.3) is 0 Å². The molecular formula is C15H19NO3S. The molecule has 0 bridgehead atoms. The van der Waals surface area contributed by atoms with E-state index in [9.17, 15) is 8.42 Å². The van der Waals surface area contributed by atoms with Crippen LogP contribution in [0.3, 0.4) is 0 Å². The first-order valence-corrected chi connectivity index (χ1v) is 8.68. The van der Waals surface area contributed by atoms with Gasteiger partial charge in [-0.05, 0) is 42.9 Å². The van der Waals surface area contributed by atoms with E-state index in [1.165, 1.54) is 0 Å². The number of ether oxygens (including phenoxy) is 1. The van der Waals surface area contributed by atoms with E-state index in [0.717, 1.165) is 38.0 Å². The van der Waals surface area contributed by atoms with Crippen LogP contribution in [0.4, 0.5) is 0 Å². The molecule has 108 valence electrons. The van der Waals surface area contributed by atoms with Gasteiger partial charge >= 0.3 is 0 Å². The van der Waals surface area contributed by atoms with Crippen LogP contribution >= 0.6 is 0 Å². The summed E-state index contributed by atoms with van der Waals surface area (Å²) in [4.78, 5) is 0. The van der Waals surface area contributed by atoms with Crippen LogP contribution in [-0.4, -0.2) is 27.4 Å². The zero-order valence-corrected chi connectivity index (χ0v) is 12.2. The van der Waals surface area contributed by atoms with Gasteiger partial charge in [0.05, 0.1) is 23.1 Å². The fourth-order valence-electron chi connectivity index (χ4n) is 2.38. The summed E-state index contributed by atoms with van der Waals surface area (Å²) in [5.41, 5.74) is 1.30. The summed E-state index contributed by atoms with van der Waals surface area (Å²) in [7, 11) is -3.08. The lowest BCUT2D eigenvalue weighted by Gasteiger charge is -2.21. The molecule has 4 nitrogen and oxygen atoms in total. The lowest BCUT2D eigenvalue weighted by Crippen LogP contribution is -2.19. The van der Waals surface area contributed by atoms with Crippen LogP contribution < -0.4 is 0 Å². The van der Waals surface area contributed by atoms with E-state index < -0.39 is 9.84 Å². The van der Waals surface area contributed by atoms with Gasteiger partial charge in [-0.2, -0.15) is 5.26 Å². The molecule has 0 N–H and O–H groups in total. The second kappa shape index (κ2) is 6.87. The van der Waals surface area contributed by atoms with E-state index in [-0.39, 0.29) is 11.5 Å². The van der Waals surface area contributed by atoms with E-state index >= 15 is 0 Å². The van der Waals surface area contributed by atoms with E-state index in [2.05, 4.69) is 0 Å². The molecule has 1 saturated heterocycles. The maximum Gasteiger partial charge on any atom is 0.154 e. The second-order valence-electron chi connectivity index (χ2n) is 5.25. The van der Waals surface area contributed by atoms with E-state index in [4.69, 9.17) is 10.00 Å². The number of hydrogen-bond donors (Lipinski definition) is 0. The molecule has 0 saturated carbocycles. The van der Waals surface area contributed by atoms with Gasteiger partial charge < -0.3 is 4.74 Å². The Balaban J connectivity index is 1.87. The zero-order chi connectivity index (χ0) is 14.4. The topological polar surface area (TPSA) is 67.2 Å². The summed E-state index contributed by atoms with van der Waals surface area (Å²) >= 11 is 0. The first-order chi connectivity index (χ1) is 9.59. The standard InChI is InChI=1S/C15H19NO3S/c16-11-14-1-3-15(4-2-14)12-20(17,18)10-7-13-5-8-19-9-6-13/h1-4,13H,5-10,12H2. The maximum atomic E-state index is 12.1. The van der Waals surface area contributed by atoms with Crippen molar-refractivity contribution in [2.45, 2.75) is 25.0 Å². The van der Waals surface area contributed by atoms with Gasteiger partial charge in [0.2, 0.25) is 0 Å². The molecule has 0 amide bonds. The van der Waals surface area contributed by atoms with Gasteiger partial charge in [-0.1, -0.05) is 12.1 Å². The van der Waals surface area contributed by atoms with Crippen LogP contribution in [0.2, 0.25) is 0 Å². The first-order valence-electron chi connectivity index (χ1n) is 6.86. The highest BCUT2D eigenvalue weighted by Crippen LogP contribution is 2.20. The van der Waals surface area contributed by atoms with Gasteiger partial charge in [-0.25, -0.2) is 8.42 Å². The van der Waals surface area contributed by atoms with Crippen molar-refractivity contribution < 1.29 is 13.2 Å². The molecule has 0 aliphatic carbocycles. The molecule has 0 aromatic heterocycles. The second-order valence-corrected chi connectivity index (χ2v) is 7.43. The van der Waals surface area contributed by atoms with Gasteiger partial charge in [0.15, 0.2) is 9.84 Å². The monoisotopic (exact) mass is 293 g/mol. The van der Waals surface area contributed by atoms with Crippen LogP contribution in [0.15, 0.2) is 24.3 Å². The summed E-state index contributed by atoms with van der Waals surface area (Å²) in [6.45, 7) is 1.50. The molecule has 0 atom stereocenters. The highest BCUT2D eigenvalue weighted by atomic mass is 32.2. The molecule has 1 aliphatic rings. The predicted octanol–water partition coefficient (Wildman–Crippen LogP) is 2.29. The Bertz CT molecular complexity index is 566. The number of sulfone groups is 1. The number of nitrogens with zero attached hydrogens (tertiary/aromatic N) is 1. The molecule has 2 rings (SSSR count). The number of rotatable bonds is 5. The fraction of sp³-hybridized carbons (Fsp3) is 0.533. The third-order valence-electron chi connectivity index (χ3n) is 3.65. The molecular weight excluding hydrogens is 274 g/mol. The van der Waals surface area contributed by atoms with Gasteiger partial charge in [-0.3, -0.25) is 0 Å². The third-order valence-corrected chi connectivity index (χ3v) is 5.28. The minimum Gasteiger partial charge on any atom is -0.381 e. The van der Waals surface area contributed by atoms with Gasteiger partial charge in [0.25, 0.3) is 0 Å². The molecule has 1 aliphatic heterocycles. The number of benzene rings is 1. The molecule has 0 unspecified atom stereocenters. The third kappa shape index (κ3) is 4.62. The molecule has 0 spiro atoms. The summed E-state index contributed by atoms with van der Waals surface area (Å²) in [5, 5.41) is 8.71. The molecule has 5 heteroatoms. The lowest BCUT2D eigenvalue weighted by molar-refractivity contribution is 0.0655. The average Bonchev–Trinajstić information content (AvgIpc) is 2.47. The molecule has 1 aromatic carbocycles. The van der Waals surface area contributed by atoms with Crippen LogP contribution in [0.5, 0.6) is 0 Å². The summed E-state index contributed by atoms with van der Waals surface area (Å²) in [6, 6.07) is 8.76. The van der Waals surface area contributed by atoms with Gasteiger partial charge in [0.1, 0.15) is 0 Å². The molecule has 1 fully saturated rings. The van der Waals surface area contributed by atoms with E-state index in [1.54, 1.807) is 24.3 Å². The summed E-state index contributed by atoms with van der Waals surface area (Å²) < 4.78 is 29.5. The normalized spacial score (nSPS) is 16.8. The van der Waals surface area contributed by atoms with Crippen molar-refractivity contribution in [1.82, 2.24) is 0 Å². The Morgan fingerprint density at radius 2 is 1.85 bits per heavy atom. The Morgan fingerprint density at radius 3 is 2.45 bits per heavy atom. The number of hydrogen-bond acceptors (Lipinski definition) is 4. The quantitative estimate of drug-likeness (QED) is 0.835. The Labute approximate surface area is 120 Å². The number of nitriles is 1. The Kier molecular flexibility index (Phi) is 5.16. The van der Waals surface area contributed by atoms with Crippen molar-refractivity contribution in [2.24, 2.45) is 5.92 Å². The smallest absolute Gasteiger partial charge is 0.154 e. The van der Waals surface area contributed by atoms with Crippen molar-refractivity contribution in [3.05, 3.63) is 35.4 Å². The van der Waals surface area contributed by atoms with E-state index in [1.807, 2.05) is 6.07 Å². The average molecular weight is 293 g/mol. The van der Waals surface area contributed by atoms with Crippen molar-refractivity contribution in [3.8, 4) is 6.07 Å². The first kappa shape index (κ1) is 15.0. The highest BCUT2D eigenvalue weighted by molar-refractivity contribution is 7.90. The molecule has 0 radical (unpaired) electrons. The summed E-state index contributed by atoms with van der Waals surface area (Å²) in [6.07, 6.45) is 2.65. The predicted molar refractivity (Wildman–Crippen MR) is 76.8 cm³/mol. The van der Waals surface area contributed by atoms with Crippen LogP contribution in [0, 0.1) is 17.2 Å². The minimum atomic E-state index is -3.08. The fourth-order valence-corrected chi connectivity index (χ4v) is 3.92. The largest absolute Gasteiger partial charge is 0.381 e. The summed E-state index contributed by atoms with van der Waals surface area (Å²) in [5.74, 6) is 0.763. The molecule has 1 aromatic rings. The zero-order valence-electron chi connectivity index (χ0n) is 11.4. The van der Waals surface area contributed by atoms with Gasteiger partial charge in [0, 0.05) is 13.2 Å². The van der Waals surface area contributed by atoms with Crippen molar-refractivity contribution in [2.75, 3.05) is 19.0 Å². The SMILES string of the molecule is N#Cc1ccc(CS(=O)(=O)CCC2CCOCC2)cc1. The van der Waals surface area contributed by atoms with Crippen LogP contribution in [-0.2, 0) is 20.3 Å². The van der Waals surface area contributed by atoms with Gasteiger partial charge in [-0.15, -0.1) is 0 Å².